The molecule has 0 aromatic heterocycles. The molecule has 4 N–H and O–H groups in total. The zero-order valence-electron chi connectivity index (χ0n) is 6.72. The summed E-state index contributed by atoms with van der Waals surface area (Å²) in [4.78, 5) is 9.54. The molecule has 0 radical (unpaired) electrons. The number of rotatable bonds is 2. The van der Waals surface area contributed by atoms with Crippen LogP contribution in [0.3, 0.4) is 0 Å². The highest BCUT2D eigenvalue weighted by molar-refractivity contribution is 5.68. The van der Waals surface area contributed by atoms with Gasteiger partial charge >= 0.3 is 5.97 Å². The molecule has 0 atom stereocenters. The van der Waals surface area contributed by atoms with Crippen LogP contribution in [0.4, 0.5) is 0 Å². The van der Waals surface area contributed by atoms with Crippen molar-refractivity contribution < 1.29 is 9.90 Å². The van der Waals surface area contributed by atoms with Gasteiger partial charge < -0.3 is 16.2 Å². The first-order valence-corrected chi connectivity index (χ1v) is 3.12. The molecule has 0 aliphatic carbocycles. The second-order valence-electron chi connectivity index (χ2n) is 2.17. The van der Waals surface area contributed by atoms with Gasteiger partial charge in [-0.25, -0.2) is 0 Å². The number of aliphatic carboxylic acids is 1. The third-order valence-corrected chi connectivity index (χ3v) is 0.328. The summed E-state index contributed by atoms with van der Waals surface area (Å²) in [6, 6.07) is 0.333. The predicted molar refractivity (Wildman–Crippen MR) is 40.9 cm³/mol. The molecule has 0 unspecified atom stereocenters. The number of carboxylic acids is 1. The van der Waals surface area contributed by atoms with E-state index in [2.05, 4.69) is 5.32 Å². The first-order valence-electron chi connectivity index (χ1n) is 3.12. The quantitative estimate of drug-likeness (QED) is 0.500. The monoisotopic (exact) mass is 148 g/mol. The lowest BCUT2D eigenvalue weighted by atomic mass is 10.5. The molecular formula is C6H16N2O2. The van der Waals surface area contributed by atoms with Gasteiger partial charge in [0.05, 0.1) is 6.54 Å². The van der Waals surface area contributed by atoms with Gasteiger partial charge in [-0.3, -0.25) is 4.79 Å². The van der Waals surface area contributed by atoms with Gasteiger partial charge in [0.15, 0.2) is 0 Å². The van der Waals surface area contributed by atoms with Crippen LogP contribution in [0, 0.1) is 0 Å². The lowest BCUT2D eigenvalue weighted by Gasteiger charge is -1.84. The molecule has 4 heteroatoms. The van der Waals surface area contributed by atoms with Gasteiger partial charge in [-0.05, 0) is 13.1 Å². The van der Waals surface area contributed by atoms with E-state index in [-0.39, 0.29) is 6.54 Å². The van der Waals surface area contributed by atoms with Gasteiger partial charge in [0, 0.05) is 0 Å². The van der Waals surface area contributed by atoms with E-state index in [9.17, 15) is 4.79 Å². The number of nitrogens with two attached hydrogens (primary N) is 1. The van der Waals surface area contributed by atoms with E-state index in [1.165, 1.54) is 0 Å². The zero-order chi connectivity index (χ0) is 8.57. The minimum atomic E-state index is -0.822. The fourth-order valence-corrected chi connectivity index (χ4v) is 0.151. The van der Waals surface area contributed by atoms with Crippen molar-refractivity contribution in [1.82, 2.24) is 5.32 Å². The molecule has 10 heavy (non-hydrogen) atoms. The highest BCUT2D eigenvalue weighted by Crippen LogP contribution is 1.58. The number of carboxylic acid groups (broad SMARTS) is 1. The molecule has 0 aromatic carbocycles. The van der Waals surface area contributed by atoms with Crippen LogP contribution in [-0.2, 0) is 4.79 Å². The van der Waals surface area contributed by atoms with E-state index in [1.54, 1.807) is 7.05 Å². The average molecular weight is 148 g/mol. The molecular weight excluding hydrogens is 132 g/mol. The molecule has 0 amide bonds. The average Bonchev–Trinajstić information content (AvgIpc) is 1.62. The van der Waals surface area contributed by atoms with Crippen molar-refractivity contribution >= 4 is 5.97 Å². The third-order valence-electron chi connectivity index (χ3n) is 0.328. The summed E-state index contributed by atoms with van der Waals surface area (Å²) in [6.45, 7) is 3.93. The third kappa shape index (κ3) is 52.8. The minimum Gasteiger partial charge on any atom is -0.480 e. The topological polar surface area (TPSA) is 75.3 Å². The van der Waals surface area contributed by atoms with E-state index in [0.717, 1.165) is 0 Å². The van der Waals surface area contributed by atoms with Crippen molar-refractivity contribution in [3.05, 3.63) is 0 Å². The van der Waals surface area contributed by atoms with Crippen LogP contribution in [0.5, 0.6) is 0 Å². The Morgan fingerprint density at radius 3 is 2.00 bits per heavy atom. The number of carbonyl (C=O) groups is 1. The Hall–Kier alpha value is -0.610. The summed E-state index contributed by atoms with van der Waals surface area (Å²) in [6.07, 6.45) is 0. The summed E-state index contributed by atoms with van der Waals surface area (Å²) in [5, 5.41) is 10.3. The van der Waals surface area contributed by atoms with Crippen molar-refractivity contribution in [2.45, 2.75) is 19.9 Å². The maximum absolute atomic E-state index is 9.54. The van der Waals surface area contributed by atoms with Crippen LogP contribution in [-0.4, -0.2) is 30.7 Å². The molecule has 0 aliphatic rings. The number of nitrogens with one attached hydrogen (secondary N) is 1. The molecule has 0 rings (SSSR count). The highest BCUT2D eigenvalue weighted by atomic mass is 16.4. The molecule has 0 fully saturated rings. The van der Waals surface area contributed by atoms with Crippen molar-refractivity contribution in [3.63, 3.8) is 0 Å². The Labute approximate surface area is 61.4 Å². The summed E-state index contributed by atoms with van der Waals surface area (Å²) >= 11 is 0. The van der Waals surface area contributed by atoms with Crippen molar-refractivity contribution in [2.75, 3.05) is 13.6 Å². The largest absolute Gasteiger partial charge is 0.480 e. The Bertz CT molecular complexity index is 81.1. The van der Waals surface area contributed by atoms with Crippen molar-refractivity contribution in [3.8, 4) is 0 Å². The fourth-order valence-electron chi connectivity index (χ4n) is 0.151. The maximum Gasteiger partial charge on any atom is 0.317 e. The summed E-state index contributed by atoms with van der Waals surface area (Å²) < 4.78 is 0. The molecule has 0 bridgehead atoms. The number of hydrogen-bond donors (Lipinski definition) is 3. The molecule has 0 heterocycles. The van der Waals surface area contributed by atoms with Gasteiger partial charge in [0.25, 0.3) is 0 Å². The van der Waals surface area contributed by atoms with Crippen LogP contribution < -0.4 is 11.1 Å². The molecule has 0 aliphatic heterocycles. The van der Waals surface area contributed by atoms with Crippen LogP contribution in [0.2, 0.25) is 0 Å². The fraction of sp³-hybridized carbons (Fsp3) is 0.833. The normalized spacial score (nSPS) is 8.50. The molecule has 0 aromatic rings. The Morgan fingerprint density at radius 2 is 2.00 bits per heavy atom. The van der Waals surface area contributed by atoms with Crippen molar-refractivity contribution in [2.24, 2.45) is 5.73 Å². The van der Waals surface area contributed by atoms with E-state index in [1.807, 2.05) is 13.8 Å². The Balaban J connectivity index is 0. The first kappa shape index (κ1) is 12.1. The Kier molecular flexibility index (Phi) is 10.2. The van der Waals surface area contributed by atoms with E-state index in [0.29, 0.717) is 6.04 Å². The molecule has 0 saturated heterocycles. The van der Waals surface area contributed by atoms with Gasteiger partial charge in [0.1, 0.15) is 0 Å². The molecule has 0 spiro atoms. The van der Waals surface area contributed by atoms with Crippen LogP contribution in [0.15, 0.2) is 0 Å². The molecule has 62 valence electrons. The standard InChI is InChI=1S/C3H7NO2.C3H9N/c1-4-2-3(5)6;1-3(2)4/h4H,2H2,1H3,(H,5,6);3H,4H2,1-2H3. The predicted octanol–water partition coefficient (Wildman–Crippen LogP) is -0.356. The maximum atomic E-state index is 9.54. The van der Waals surface area contributed by atoms with Gasteiger partial charge in [0.2, 0.25) is 0 Å². The Morgan fingerprint density at radius 1 is 1.70 bits per heavy atom. The molecule has 0 saturated carbocycles. The lowest BCUT2D eigenvalue weighted by Crippen LogP contribution is -2.16. The molecule has 4 nitrogen and oxygen atoms in total. The smallest absolute Gasteiger partial charge is 0.317 e. The van der Waals surface area contributed by atoms with E-state index >= 15 is 0 Å². The van der Waals surface area contributed by atoms with E-state index in [4.69, 9.17) is 10.8 Å². The van der Waals surface area contributed by atoms with Gasteiger partial charge in [-0.2, -0.15) is 0 Å². The minimum absolute atomic E-state index is 0.0417. The second-order valence-corrected chi connectivity index (χ2v) is 2.17. The van der Waals surface area contributed by atoms with Gasteiger partial charge in [-0.1, -0.05) is 13.8 Å². The van der Waals surface area contributed by atoms with Crippen LogP contribution in [0.25, 0.3) is 0 Å². The number of hydrogen-bond acceptors (Lipinski definition) is 3. The van der Waals surface area contributed by atoms with E-state index < -0.39 is 5.97 Å². The van der Waals surface area contributed by atoms with Gasteiger partial charge in [-0.15, -0.1) is 0 Å². The first-order chi connectivity index (χ1) is 4.50. The lowest BCUT2D eigenvalue weighted by molar-refractivity contribution is -0.135. The zero-order valence-corrected chi connectivity index (χ0v) is 6.72. The summed E-state index contributed by atoms with van der Waals surface area (Å²) in [7, 11) is 1.59. The van der Waals surface area contributed by atoms with Crippen LogP contribution in [0.1, 0.15) is 13.8 Å². The summed E-state index contributed by atoms with van der Waals surface area (Å²) in [5.74, 6) is -0.822. The summed E-state index contributed by atoms with van der Waals surface area (Å²) in [5.41, 5.74) is 5.11. The number of likely N-dealkylation sites (N-methyl/N-ethyl adjacent to an activating group) is 1. The van der Waals surface area contributed by atoms with Crippen LogP contribution >= 0.6 is 0 Å². The second kappa shape index (κ2) is 8.39. The van der Waals surface area contributed by atoms with Crippen molar-refractivity contribution in [1.29, 1.82) is 0 Å². The highest BCUT2D eigenvalue weighted by Gasteiger charge is 1.86. The SMILES string of the molecule is CC(C)N.CNCC(=O)O.